The molecule has 5 rings (SSSR count). The van der Waals surface area contributed by atoms with Crippen molar-refractivity contribution < 1.29 is 23.8 Å². The molecule has 10 nitrogen and oxygen atoms in total. The smallest absolute Gasteiger partial charge is 0.328 e. The predicted molar refractivity (Wildman–Crippen MR) is 160 cm³/mol. The number of methoxy groups -OCH3 is 1. The Balaban J connectivity index is 1.45. The quantitative estimate of drug-likeness (QED) is 0.285. The summed E-state index contributed by atoms with van der Waals surface area (Å²) in [5.41, 5.74) is 4.11. The number of nitrogens with zero attached hydrogens (tertiary/aromatic N) is 2. The number of H-pyrrole nitrogens is 1. The van der Waals surface area contributed by atoms with Crippen molar-refractivity contribution in [3.8, 4) is 28.0 Å². The lowest BCUT2D eigenvalue weighted by molar-refractivity contribution is -0.147. The van der Waals surface area contributed by atoms with Crippen LogP contribution in [0.5, 0.6) is 5.75 Å². The molecule has 3 aromatic carbocycles. The number of aromatic nitrogens is 2. The van der Waals surface area contributed by atoms with Crippen molar-refractivity contribution in [1.82, 2.24) is 14.5 Å². The predicted octanol–water partition coefficient (Wildman–Crippen LogP) is 3.94. The minimum Gasteiger partial charge on any atom is -0.496 e. The molecule has 4 aromatic rings. The molecule has 3 N–H and O–H groups in total. The Hall–Kier alpha value is -5.03. The van der Waals surface area contributed by atoms with Gasteiger partial charge in [0, 0.05) is 44.1 Å². The number of ether oxygens (including phenoxy) is 1. The molecule has 0 spiro atoms. The van der Waals surface area contributed by atoms with Crippen LogP contribution in [0.3, 0.4) is 0 Å². The van der Waals surface area contributed by atoms with Gasteiger partial charge in [-0.3, -0.25) is 23.9 Å². The molecule has 2 heterocycles. The lowest BCUT2D eigenvalue weighted by Gasteiger charge is -2.36. The third kappa shape index (κ3) is 5.59. The third-order valence-electron chi connectivity index (χ3n) is 8.00. The number of halogens is 1. The second-order valence-corrected chi connectivity index (χ2v) is 10.7. The van der Waals surface area contributed by atoms with Crippen molar-refractivity contribution in [3.05, 3.63) is 104 Å². The summed E-state index contributed by atoms with van der Waals surface area (Å²) in [6.45, 7) is 4.76. The highest BCUT2D eigenvalue weighted by molar-refractivity contribution is 6.04. The normalized spacial score (nSPS) is 13.4. The zero-order valence-electron chi connectivity index (χ0n) is 24.2. The fourth-order valence-corrected chi connectivity index (χ4v) is 5.40. The number of carboxylic acid groups (broad SMARTS) is 1. The van der Waals surface area contributed by atoms with Crippen LogP contribution in [-0.2, 0) is 18.4 Å². The number of anilines is 1. The van der Waals surface area contributed by atoms with Gasteiger partial charge in [0.25, 0.3) is 11.5 Å². The van der Waals surface area contributed by atoms with E-state index in [1.807, 2.05) is 43.0 Å². The molecule has 0 atom stereocenters. The number of carbonyl (C=O) groups is 2. The number of hydrogen-bond donors (Lipinski definition) is 3. The first-order valence-electron chi connectivity index (χ1n) is 13.6. The summed E-state index contributed by atoms with van der Waals surface area (Å²) in [6.07, 6.45) is 1.10. The van der Waals surface area contributed by atoms with E-state index in [9.17, 15) is 19.2 Å². The molecule has 0 radical (unpaired) electrons. The van der Waals surface area contributed by atoms with Crippen molar-refractivity contribution in [2.24, 2.45) is 13.0 Å². The molecular formula is C32H31FN4O6. The molecule has 0 saturated carbocycles. The topological polar surface area (TPSA) is 134 Å². The van der Waals surface area contributed by atoms with E-state index in [1.54, 1.807) is 18.2 Å². The van der Waals surface area contributed by atoms with Gasteiger partial charge in [-0.2, -0.15) is 0 Å². The van der Waals surface area contributed by atoms with Crippen molar-refractivity contribution in [2.75, 3.05) is 25.5 Å². The Morgan fingerprint density at radius 2 is 1.70 bits per heavy atom. The van der Waals surface area contributed by atoms with E-state index >= 15 is 4.39 Å². The van der Waals surface area contributed by atoms with Crippen LogP contribution in [-0.4, -0.2) is 51.6 Å². The Kier molecular flexibility index (Phi) is 8.01. The van der Waals surface area contributed by atoms with Crippen LogP contribution in [0.2, 0.25) is 0 Å². The number of likely N-dealkylation sites (tertiary alicyclic amines) is 1. The van der Waals surface area contributed by atoms with E-state index in [0.717, 1.165) is 38.6 Å². The van der Waals surface area contributed by atoms with Gasteiger partial charge in [0.1, 0.15) is 17.1 Å². The van der Waals surface area contributed by atoms with Gasteiger partial charge in [-0.15, -0.1) is 0 Å². The van der Waals surface area contributed by atoms with E-state index in [-0.39, 0.29) is 12.1 Å². The molecule has 222 valence electrons. The highest BCUT2D eigenvalue weighted by atomic mass is 19.1. The third-order valence-corrected chi connectivity index (χ3v) is 8.00. The number of rotatable bonds is 8. The first-order valence-corrected chi connectivity index (χ1v) is 13.6. The molecule has 0 bridgehead atoms. The van der Waals surface area contributed by atoms with E-state index in [4.69, 9.17) is 9.84 Å². The highest BCUT2D eigenvalue weighted by Crippen LogP contribution is 2.38. The fourth-order valence-electron chi connectivity index (χ4n) is 5.40. The summed E-state index contributed by atoms with van der Waals surface area (Å²) < 4.78 is 21.8. The van der Waals surface area contributed by atoms with E-state index in [0.29, 0.717) is 35.7 Å². The van der Waals surface area contributed by atoms with Crippen LogP contribution >= 0.6 is 0 Å². The molecule has 1 fully saturated rings. The van der Waals surface area contributed by atoms with E-state index in [2.05, 4.69) is 10.3 Å². The Morgan fingerprint density at radius 1 is 1.05 bits per heavy atom. The second kappa shape index (κ2) is 11.7. The molecule has 1 aromatic heterocycles. The molecule has 0 aliphatic carbocycles. The zero-order valence-corrected chi connectivity index (χ0v) is 24.2. The standard InChI is InChI=1S/C32H31FN4O6/c1-17-21(19-11-26(33)25(28(12-19)43-4)16-37-14-20(15-37)31(40)41)7-5-8-22(17)23-9-6-10-27(18(23)2)35-29(38)24-13-34-32(42)36(3)30(24)39/h5-13,20H,14-16H2,1-4H3,(H,34,42)(H,35,38)(H,40,41). The van der Waals surface area contributed by atoms with E-state index in [1.165, 1.54) is 20.2 Å². The monoisotopic (exact) mass is 586 g/mol. The molecular weight excluding hydrogens is 555 g/mol. The Morgan fingerprint density at radius 3 is 2.37 bits per heavy atom. The van der Waals surface area contributed by atoms with Crippen LogP contribution in [0.1, 0.15) is 27.0 Å². The van der Waals surface area contributed by atoms with Crippen molar-refractivity contribution in [1.29, 1.82) is 0 Å². The number of nitrogens with one attached hydrogen (secondary N) is 2. The van der Waals surface area contributed by atoms with Gasteiger partial charge in [-0.25, -0.2) is 9.18 Å². The van der Waals surface area contributed by atoms with E-state index < -0.39 is 34.9 Å². The minimum atomic E-state index is -0.850. The van der Waals surface area contributed by atoms with Gasteiger partial charge in [0.2, 0.25) is 0 Å². The molecule has 1 aliphatic heterocycles. The number of hydrogen-bond acceptors (Lipinski definition) is 6. The number of amides is 1. The van der Waals surface area contributed by atoms with Crippen LogP contribution in [0, 0.1) is 25.6 Å². The molecule has 1 amide bonds. The molecule has 0 unspecified atom stereocenters. The van der Waals surface area contributed by atoms with Crippen LogP contribution in [0.4, 0.5) is 10.1 Å². The van der Waals surface area contributed by atoms with Gasteiger partial charge in [-0.05, 0) is 65.4 Å². The number of carboxylic acids is 1. The highest BCUT2D eigenvalue weighted by Gasteiger charge is 2.33. The van der Waals surface area contributed by atoms with Gasteiger partial charge in [0.15, 0.2) is 0 Å². The van der Waals surface area contributed by atoms with Gasteiger partial charge in [0.05, 0.1) is 13.0 Å². The first kappa shape index (κ1) is 29.5. The number of benzene rings is 3. The SMILES string of the molecule is COc1cc(-c2cccc(-c3cccc(NC(=O)c4c[nH]c(=O)n(C)c4=O)c3C)c2C)cc(F)c1CN1CC(C(=O)O)C1. The lowest BCUT2D eigenvalue weighted by Crippen LogP contribution is -2.49. The van der Waals surface area contributed by atoms with Gasteiger partial charge in [-0.1, -0.05) is 30.3 Å². The molecule has 11 heteroatoms. The zero-order chi connectivity index (χ0) is 31.0. The maximum atomic E-state index is 15.5. The fraction of sp³-hybridized carbons (Fsp3) is 0.250. The second-order valence-electron chi connectivity index (χ2n) is 10.7. The summed E-state index contributed by atoms with van der Waals surface area (Å²) in [7, 11) is 2.77. The lowest BCUT2D eigenvalue weighted by atomic mass is 9.90. The average Bonchev–Trinajstić information content (AvgIpc) is 2.95. The maximum Gasteiger partial charge on any atom is 0.328 e. The van der Waals surface area contributed by atoms with Crippen LogP contribution in [0.25, 0.3) is 22.3 Å². The number of carbonyl (C=O) groups excluding carboxylic acids is 1. The Bertz CT molecular complexity index is 1870. The first-order chi connectivity index (χ1) is 20.5. The molecule has 1 aliphatic rings. The number of aliphatic carboxylic acids is 1. The minimum absolute atomic E-state index is 0.194. The molecule has 43 heavy (non-hydrogen) atoms. The maximum absolute atomic E-state index is 15.5. The van der Waals surface area contributed by atoms with Crippen LogP contribution < -0.4 is 21.3 Å². The summed E-state index contributed by atoms with van der Waals surface area (Å²) >= 11 is 0. The Labute approximate surface area is 246 Å². The molecule has 1 saturated heterocycles. The summed E-state index contributed by atoms with van der Waals surface area (Å²) in [5, 5.41) is 11.9. The van der Waals surface area contributed by atoms with Crippen molar-refractivity contribution >= 4 is 17.6 Å². The van der Waals surface area contributed by atoms with Crippen molar-refractivity contribution in [2.45, 2.75) is 20.4 Å². The summed E-state index contributed by atoms with van der Waals surface area (Å²) in [4.78, 5) is 52.4. The van der Waals surface area contributed by atoms with Gasteiger partial charge < -0.3 is 20.1 Å². The van der Waals surface area contributed by atoms with Crippen LogP contribution in [0.15, 0.2) is 64.3 Å². The largest absolute Gasteiger partial charge is 0.496 e. The summed E-state index contributed by atoms with van der Waals surface area (Å²) in [6, 6.07) is 14.4. The number of aromatic amines is 1. The summed E-state index contributed by atoms with van der Waals surface area (Å²) in [5.74, 6) is -2.00. The average molecular weight is 587 g/mol. The van der Waals surface area contributed by atoms with Gasteiger partial charge >= 0.3 is 11.7 Å². The van der Waals surface area contributed by atoms with Crippen molar-refractivity contribution in [3.63, 3.8) is 0 Å².